The number of hydrogen-bond donors (Lipinski definition) is 1. The summed E-state index contributed by atoms with van der Waals surface area (Å²) in [5.41, 5.74) is 2.75. The summed E-state index contributed by atoms with van der Waals surface area (Å²) < 4.78 is 2.11. The van der Waals surface area contributed by atoms with Gasteiger partial charge >= 0.3 is 0 Å². The Hall–Kier alpha value is -0.830. The zero-order chi connectivity index (χ0) is 7.68. The van der Waals surface area contributed by atoms with Gasteiger partial charge in [0.1, 0.15) is 0 Å². The van der Waals surface area contributed by atoms with Gasteiger partial charge in [-0.05, 0) is 6.42 Å². The Bertz CT molecular complexity index is 252. The van der Waals surface area contributed by atoms with Gasteiger partial charge in [-0.25, -0.2) is 0 Å². The largest absolute Gasteiger partial charge is 0.307 e. The molecule has 2 rings (SSSR count). The molecule has 0 bridgehead atoms. The summed E-state index contributed by atoms with van der Waals surface area (Å²) in [6.45, 7) is 5.22. The van der Waals surface area contributed by atoms with E-state index in [0.29, 0.717) is 0 Å². The molecule has 0 atom stereocenters. The maximum Gasteiger partial charge on any atom is 0.0567 e. The molecule has 0 saturated heterocycles. The van der Waals surface area contributed by atoms with Crippen molar-refractivity contribution in [2.45, 2.75) is 33.0 Å². The highest BCUT2D eigenvalue weighted by atomic mass is 15.3. The smallest absolute Gasteiger partial charge is 0.0567 e. The highest BCUT2D eigenvalue weighted by Gasteiger charge is 2.14. The van der Waals surface area contributed by atoms with Gasteiger partial charge in [0.05, 0.1) is 11.9 Å². The predicted octanol–water partition coefficient (Wildman–Crippen LogP) is 0.896. The number of nitrogens with one attached hydrogen (secondary N) is 1. The van der Waals surface area contributed by atoms with Gasteiger partial charge in [0, 0.05) is 25.2 Å². The predicted molar refractivity (Wildman–Crippen MR) is 43.1 cm³/mol. The van der Waals surface area contributed by atoms with Crippen molar-refractivity contribution in [3.63, 3.8) is 0 Å². The van der Waals surface area contributed by atoms with Crippen molar-refractivity contribution in [3.05, 3.63) is 17.5 Å². The maximum absolute atomic E-state index is 4.30. The van der Waals surface area contributed by atoms with Crippen molar-refractivity contribution < 1.29 is 0 Å². The third kappa shape index (κ3) is 1.05. The third-order valence-corrected chi connectivity index (χ3v) is 2.08. The molecule has 0 amide bonds. The zero-order valence-electron chi connectivity index (χ0n) is 6.80. The second kappa shape index (κ2) is 2.66. The van der Waals surface area contributed by atoms with Crippen molar-refractivity contribution >= 4 is 0 Å². The van der Waals surface area contributed by atoms with Crippen LogP contribution in [0, 0.1) is 0 Å². The molecule has 0 unspecified atom stereocenters. The molecule has 0 aliphatic carbocycles. The van der Waals surface area contributed by atoms with Crippen LogP contribution in [0.5, 0.6) is 0 Å². The first kappa shape index (κ1) is 6.85. The Kier molecular flexibility index (Phi) is 1.66. The van der Waals surface area contributed by atoms with E-state index in [1.807, 2.05) is 6.20 Å². The number of rotatable bonds is 2. The van der Waals surface area contributed by atoms with Crippen LogP contribution >= 0.6 is 0 Å². The Morgan fingerprint density at radius 2 is 2.55 bits per heavy atom. The fourth-order valence-corrected chi connectivity index (χ4v) is 1.52. The lowest BCUT2D eigenvalue weighted by Gasteiger charge is -2.01. The van der Waals surface area contributed by atoms with Gasteiger partial charge in [-0.2, -0.15) is 5.10 Å². The second-order valence-electron chi connectivity index (χ2n) is 2.94. The van der Waals surface area contributed by atoms with E-state index < -0.39 is 0 Å². The van der Waals surface area contributed by atoms with Crippen LogP contribution in [0.3, 0.4) is 0 Å². The number of hydrogen-bond acceptors (Lipinski definition) is 2. The molecule has 0 saturated carbocycles. The van der Waals surface area contributed by atoms with Gasteiger partial charge in [-0.15, -0.1) is 0 Å². The molecule has 60 valence electrons. The van der Waals surface area contributed by atoms with Crippen molar-refractivity contribution in [1.29, 1.82) is 0 Å². The molecule has 0 spiro atoms. The lowest BCUT2D eigenvalue weighted by Crippen LogP contribution is -2.08. The van der Waals surface area contributed by atoms with Crippen molar-refractivity contribution in [3.8, 4) is 0 Å². The summed E-state index contributed by atoms with van der Waals surface area (Å²) in [5.74, 6) is 0. The van der Waals surface area contributed by atoms with E-state index in [1.54, 1.807) is 0 Å². The normalized spacial score (nSPS) is 15.4. The summed E-state index contributed by atoms with van der Waals surface area (Å²) in [4.78, 5) is 0. The van der Waals surface area contributed by atoms with Crippen LogP contribution in [-0.4, -0.2) is 9.78 Å². The van der Waals surface area contributed by atoms with E-state index in [1.165, 1.54) is 11.3 Å². The van der Waals surface area contributed by atoms with Crippen molar-refractivity contribution in [2.75, 3.05) is 0 Å². The minimum atomic E-state index is 0.995. The fraction of sp³-hybridized carbons (Fsp3) is 0.625. The topological polar surface area (TPSA) is 29.9 Å². The van der Waals surface area contributed by atoms with Crippen molar-refractivity contribution in [1.82, 2.24) is 15.1 Å². The van der Waals surface area contributed by atoms with Crippen LogP contribution in [0.4, 0.5) is 0 Å². The van der Waals surface area contributed by atoms with Crippen molar-refractivity contribution in [2.24, 2.45) is 0 Å². The van der Waals surface area contributed by atoms with Crippen LogP contribution in [0.2, 0.25) is 0 Å². The number of fused-ring (bicyclic) bond motifs is 1. The summed E-state index contributed by atoms with van der Waals surface area (Å²) in [6.07, 6.45) is 3.14. The van der Waals surface area contributed by atoms with Gasteiger partial charge in [0.25, 0.3) is 0 Å². The Morgan fingerprint density at radius 1 is 1.64 bits per heavy atom. The highest BCUT2D eigenvalue weighted by molar-refractivity contribution is 5.21. The summed E-state index contributed by atoms with van der Waals surface area (Å²) in [7, 11) is 0. The number of nitrogens with zero attached hydrogens (tertiary/aromatic N) is 2. The van der Waals surface area contributed by atoms with Crippen LogP contribution in [0.25, 0.3) is 0 Å². The monoisotopic (exact) mass is 151 g/mol. The molecule has 3 nitrogen and oxygen atoms in total. The van der Waals surface area contributed by atoms with E-state index in [9.17, 15) is 0 Å². The maximum atomic E-state index is 4.30. The molecule has 1 aliphatic rings. The first-order valence-corrected chi connectivity index (χ1v) is 4.16. The summed E-state index contributed by atoms with van der Waals surface area (Å²) in [6, 6.07) is 0. The van der Waals surface area contributed by atoms with Gasteiger partial charge in [-0.3, -0.25) is 4.68 Å². The SMILES string of the molecule is CCCn1ncc2c1CNC2. The van der Waals surface area contributed by atoms with Gasteiger partial charge in [0.2, 0.25) is 0 Å². The van der Waals surface area contributed by atoms with Crippen LogP contribution in [0.1, 0.15) is 24.6 Å². The van der Waals surface area contributed by atoms with Crippen LogP contribution < -0.4 is 5.32 Å². The van der Waals surface area contributed by atoms with Crippen LogP contribution in [0.15, 0.2) is 6.20 Å². The quantitative estimate of drug-likeness (QED) is 0.680. The van der Waals surface area contributed by atoms with E-state index in [4.69, 9.17) is 0 Å². The lowest BCUT2D eigenvalue weighted by atomic mass is 10.3. The highest BCUT2D eigenvalue weighted by Crippen LogP contribution is 2.14. The molecule has 1 aliphatic heterocycles. The summed E-state index contributed by atoms with van der Waals surface area (Å²) >= 11 is 0. The molecule has 0 fully saturated rings. The average molecular weight is 151 g/mol. The molecular formula is C8H13N3. The summed E-state index contributed by atoms with van der Waals surface area (Å²) in [5, 5.41) is 7.61. The van der Waals surface area contributed by atoms with Gasteiger partial charge < -0.3 is 5.32 Å². The Labute approximate surface area is 66.4 Å². The molecule has 1 aromatic rings. The molecule has 3 heteroatoms. The van der Waals surface area contributed by atoms with Crippen LogP contribution in [-0.2, 0) is 19.6 Å². The standard InChI is InChI=1S/C8H13N3/c1-2-3-11-8-6-9-4-7(8)5-10-11/h5,9H,2-4,6H2,1H3. The Balaban J connectivity index is 2.27. The molecule has 1 aromatic heterocycles. The molecule has 11 heavy (non-hydrogen) atoms. The Morgan fingerprint density at radius 3 is 3.36 bits per heavy atom. The lowest BCUT2D eigenvalue weighted by molar-refractivity contribution is 0.565. The van der Waals surface area contributed by atoms with Gasteiger partial charge in [0.15, 0.2) is 0 Å². The van der Waals surface area contributed by atoms with E-state index >= 15 is 0 Å². The molecule has 1 N–H and O–H groups in total. The first-order valence-electron chi connectivity index (χ1n) is 4.16. The number of aryl methyl sites for hydroxylation is 1. The first-order chi connectivity index (χ1) is 5.42. The van der Waals surface area contributed by atoms with E-state index in [0.717, 1.165) is 26.1 Å². The fourth-order valence-electron chi connectivity index (χ4n) is 1.52. The second-order valence-corrected chi connectivity index (χ2v) is 2.94. The molecule has 0 radical (unpaired) electrons. The minimum absolute atomic E-state index is 0.995. The minimum Gasteiger partial charge on any atom is -0.307 e. The zero-order valence-corrected chi connectivity index (χ0v) is 6.80. The molecular weight excluding hydrogens is 138 g/mol. The average Bonchev–Trinajstić information content (AvgIpc) is 2.53. The molecule has 0 aromatic carbocycles. The van der Waals surface area contributed by atoms with Gasteiger partial charge in [-0.1, -0.05) is 6.92 Å². The molecule has 2 heterocycles. The number of aromatic nitrogens is 2. The van der Waals surface area contributed by atoms with E-state index in [-0.39, 0.29) is 0 Å². The van der Waals surface area contributed by atoms with E-state index in [2.05, 4.69) is 22.0 Å². The third-order valence-electron chi connectivity index (χ3n) is 2.08.